The number of benzene rings is 1. The van der Waals surface area contributed by atoms with Crippen LogP contribution in [0.25, 0.3) is 22.6 Å². The molecule has 2 heterocycles. The average Bonchev–Trinajstić information content (AvgIpc) is 2.89. The van der Waals surface area contributed by atoms with Gasteiger partial charge in [0, 0.05) is 11.3 Å². The molecule has 88 valence electrons. The van der Waals surface area contributed by atoms with Crippen LogP contribution in [0.3, 0.4) is 0 Å². The zero-order valence-electron chi connectivity index (χ0n) is 9.96. The fourth-order valence-electron chi connectivity index (χ4n) is 1.88. The first kappa shape index (κ1) is 10.7. The molecule has 4 heteroatoms. The number of aryl methyl sites for hydroxylation is 1. The summed E-state index contributed by atoms with van der Waals surface area (Å²) >= 11 is 0. The SMILES string of the molecule is Cc1cccc(-c2n[nH]nc2-c2ccccc2)n1. The van der Waals surface area contributed by atoms with Crippen LogP contribution >= 0.6 is 0 Å². The van der Waals surface area contributed by atoms with Crippen LogP contribution in [0.15, 0.2) is 48.5 Å². The second-order valence-corrected chi connectivity index (χ2v) is 4.05. The topological polar surface area (TPSA) is 54.5 Å². The maximum Gasteiger partial charge on any atom is 0.139 e. The molecule has 1 N–H and O–H groups in total. The van der Waals surface area contributed by atoms with Crippen molar-refractivity contribution in [2.75, 3.05) is 0 Å². The molecule has 0 unspecified atom stereocenters. The first-order valence-corrected chi connectivity index (χ1v) is 5.75. The second kappa shape index (κ2) is 4.41. The molecular formula is C14H12N4. The molecule has 1 aromatic carbocycles. The molecule has 2 aromatic heterocycles. The Morgan fingerprint density at radius 2 is 1.61 bits per heavy atom. The van der Waals surface area contributed by atoms with E-state index in [1.165, 1.54) is 0 Å². The number of aromatic nitrogens is 4. The van der Waals surface area contributed by atoms with Gasteiger partial charge in [-0.3, -0.25) is 4.98 Å². The minimum atomic E-state index is 0.782. The van der Waals surface area contributed by atoms with Crippen molar-refractivity contribution in [3.05, 3.63) is 54.2 Å². The zero-order chi connectivity index (χ0) is 12.4. The monoisotopic (exact) mass is 236 g/mol. The van der Waals surface area contributed by atoms with Crippen LogP contribution in [-0.2, 0) is 0 Å². The van der Waals surface area contributed by atoms with Crippen LogP contribution in [0.5, 0.6) is 0 Å². The Labute approximate surface area is 105 Å². The normalized spacial score (nSPS) is 10.5. The second-order valence-electron chi connectivity index (χ2n) is 4.05. The minimum Gasteiger partial charge on any atom is -0.251 e. The quantitative estimate of drug-likeness (QED) is 0.744. The average molecular weight is 236 g/mol. The standard InChI is InChI=1S/C14H12N4/c1-10-6-5-9-12(15-10)14-13(16-18-17-14)11-7-3-2-4-8-11/h2-9H,1H3,(H,16,17,18). The molecule has 0 radical (unpaired) electrons. The summed E-state index contributed by atoms with van der Waals surface area (Å²) in [6.45, 7) is 1.96. The summed E-state index contributed by atoms with van der Waals surface area (Å²) in [6.07, 6.45) is 0. The molecule has 0 aliphatic carbocycles. The number of H-pyrrole nitrogens is 1. The molecule has 0 saturated heterocycles. The molecule has 0 spiro atoms. The molecule has 3 rings (SSSR count). The lowest BCUT2D eigenvalue weighted by molar-refractivity contribution is 0.942. The van der Waals surface area contributed by atoms with E-state index >= 15 is 0 Å². The molecule has 0 saturated carbocycles. The van der Waals surface area contributed by atoms with Gasteiger partial charge < -0.3 is 0 Å². The summed E-state index contributed by atoms with van der Waals surface area (Å²) < 4.78 is 0. The van der Waals surface area contributed by atoms with Crippen LogP contribution < -0.4 is 0 Å². The van der Waals surface area contributed by atoms with Gasteiger partial charge in [-0.15, -0.1) is 0 Å². The highest BCUT2D eigenvalue weighted by atomic mass is 15.3. The molecule has 0 aliphatic heterocycles. The first-order valence-electron chi connectivity index (χ1n) is 5.75. The van der Waals surface area contributed by atoms with Gasteiger partial charge in [0.05, 0.1) is 5.69 Å². The fraction of sp³-hybridized carbons (Fsp3) is 0.0714. The number of nitrogens with zero attached hydrogens (tertiary/aromatic N) is 3. The predicted octanol–water partition coefficient (Wildman–Crippen LogP) is 2.84. The molecule has 3 aromatic rings. The smallest absolute Gasteiger partial charge is 0.139 e. The van der Waals surface area contributed by atoms with E-state index in [1.807, 2.05) is 55.5 Å². The lowest BCUT2D eigenvalue weighted by Gasteiger charge is -2.01. The highest BCUT2D eigenvalue weighted by molar-refractivity contribution is 5.75. The van der Waals surface area contributed by atoms with Gasteiger partial charge >= 0.3 is 0 Å². The van der Waals surface area contributed by atoms with Gasteiger partial charge in [-0.1, -0.05) is 36.4 Å². The maximum absolute atomic E-state index is 4.48. The molecule has 0 amide bonds. The Morgan fingerprint density at radius 1 is 0.833 bits per heavy atom. The van der Waals surface area contributed by atoms with Gasteiger partial charge in [0.25, 0.3) is 0 Å². The summed E-state index contributed by atoms with van der Waals surface area (Å²) in [6, 6.07) is 15.8. The van der Waals surface area contributed by atoms with Crippen LogP contribution in [0.1, 0.15) is 5.69 Å². The van der Waals surface area contributed by atoms with Crippen LogP contribution in [-0.4, -0.2) is 20.4 Å². The molecule has 4 nitrogen and oxygen atoms in total. The van der Waals surface area contributed by atoms with E-state index in [9.17, 15) is 0 Å². The van der Waals surface area contributed by atoms with Gasteiger partial charge in [0.1, 0.15) is 11.4 Å². The van der Waals surface area contributed by atoms with Crippen LogP contribution in [0.4, 0.5) is 0 Å². The molecule has 0 atom stereocenters. The van der Waals surface area contributed by atoms with Crippen molar-refractivity contribution in [3.8, 4) is 22.6 Å². The van der Waals surface area contributed by atoms with E-state index < -0.39 is 0 Å². The lowest BCUT2D eigenvalue weighted by Crippen LogP contribution is -1.89. The van der Waals surface area contributed by atoms with Crippen molar-refractivity contribution in [2.24, 2.45) is 0 Å². The number of aromatic amines is 1. The Morgan fingerprint density at radius 3 is 2.39 bits per heavy atom. The van der Waals surface area contributed by atoms with Gasteiger partial charge in [0.15, 0.2) is 0 Å². The Hall–Kier alpha value is -2.49. The molecule has 0 bridgehead atoms. The largest absolute Gasteiger partial charge is 0.251 e. The van der Waals surface area contributed by atoms with Crippen LogP contribution in [0, 0.1) is 6.92 Å². The maximum atomic E-state index is 4.48. The Balaban J connectivity index is 2.13. The lowest BCUT2D eigenvalue weighted by atomic mass is 10.1. The first-order chi connectivity index (χ1) is 8.84. The highest BCUT2D eigenvalue weighted by Gasteiger charge is 2.12. The van der Waals surface area contributed by atoms with Crippen molar-refractivity contribution >= 4 is 0 Å². The van der Waals surface area contributed by atoms with Gasteiger partial charge in [-0.2, -0.15) is 15.4 Å². The third kappa shape index (κ3) is 1.88. The minimum absolute atomic E-state index is 0.782. The molecular weight excluding hydrogens is 224 g/mol. The summed E-state index contributed by atoms with van der Waals surface area (Å²) in [5.41, 5.74) is 4.44. The summed E-state index contributed by atoms with van der Waals surface area (Å²) in [5.74, 6) is 0. The third-order valence-corrected chi connectivity index (χ3v) is 2.73. The van der Waals surface area contributed by atoms with Gasteiger partial charge in [0.2, 0.25) is 0 Å². The van der Waals surface area contributed by atoms with Crippen molar-refractivity contribution < 1.29 is 0 Å². The third-order valence-electron chi connectivity index (χ3n) is 2.73. The highest BCUT2D eigenvalue weighted by Crippen LogP contribution is 2.26. The van der Waals surface area contributed by atoms with E-state index in [-0.39, 0.29) is 0 Å². The van der Waals surface area contributed by atoms with E-state index in [1.54, 1.807) is 0 Å². The Bertz CT molecular complexity index is 658. The van der Waals surface area contributed by atoms with Crippen molar-refractivity contribution in [1.29, 1.82) is 0 Å². The van der Waals surface area contributed by atoms with Crippen molar-refractivity contribution in [1.82, 2.24) is 20.4 Å². The van der Waals surface area contributed by atoms with E-state index in [0.717, 1.165) is 28.3 Å². The molecule has 0 fully saturated rings. The molecule has 0 aliphatic rings. The summed E-state index contributed by atoms with van der Waals surface area (Å²) in [5, 5.41) is 11.1. The van der Waals surface area contributed by atoms with E-state index in [0.29, 0.717) is 0 Å². The van der Waals surface area contributed by atoms with E-state index in [4.69, 9.17) is 0 Å². The number of rotatable bonds is 2. The number of hydrogen-bond acceptors (Lipinski definition) is 3. The summed E-state index contributed by atoms with van der Waals surface area (Å²) in [7, 11) is 0. The van der Waals surface area contributed by atoms with E-state index in [2.05, 4.69) is 20.4 Å². The number of hydrogen-bond donors (Lipinski definition) is 1. The predicted molar refractivity (Wildman–Crippen MR) is 69.8 cm³/mol. The van der Waals surface area contributed by atoms with Gasteiger partial charge in [-0.25, -0.2) is 0 Å². The molecule has 18 heavy (non-hydrogen) atoms. The Kier molecular flexibility index (Phi) is 2.61. The van der Waals surface area contributed by atoms with Crippen molar-refractivity contribution in [3.63, 3.8) is 0 Å². The zero-order valence-corrected chi connectivity index (χ0v) is 9.96. The van der Waals surface area contributed by atoms with Gasteiger partial charge in [-0.05, 0) is 19.1 Å². The number of pyridine rings is 1. The van der Waals surface area contributed by atoms with Crippen molar-refractivity contribution in [2.45, 2.75) is 6.92 Å². The number of nitrogens with one attached hydrogen (secondary N) is 1. The van der Waals surface area contributed by atoms with Crippen LogP contribution in [0.2, 0.25) is 0 Å². The summed E-state index contributed by atoms with van der Waals surface area (Å²) in [4.78, 5) is 4.48. The fourth-order valence-corrected chi connectivity index (χ4v) is 1.88.